The first kappa shape index (κ1) is 18.5. The Morgan fingerprint density at radius 1 is 1.21 bits per heavy atom. The van der Waals surface area contributed by atoms with E-state index in [4.69, 9.17) is 0 Å². The lowest BCUT2D eigenvalue weighted by Crippen LogP contribution is -2.31. The van der Waals surface area contributed by atoms with E-state index in [0.29, 0.717) is 15.3 Å². The standard InChI is InChI=1S/C20H18N4O2S2/c1-11-13(3)28-18-16(11)19(26)24(10-21-18)12(2)17(25)23-20-22-15(9-27-20)14-7-5-4-6-8-14/h4-10,12H,1-3H3,(H,22,23,25). The third kappa shape index (κ3) is 3.25. The van der Waals surface area contributed by atoms with Crippen molar-refractivity contribution in [1.82, 2.24) is 14.5 Å². The monoisotopic (exact) mass is 410 g/mol. The molecule has 8 heteroatoms. The van der Waals surface area contributed by atoms with E-state index in [2.05, 4.69) is 15.3 Å². The number of thiazole rings is 1. The highest BCUT2D eigenvalue weighted by molar-refractivity contribution is 7.18. The number of hydrogen-bond donors (Lipinski definition) is 1. The predicted octanol–water partition coefficient (Wildman–Crippen LogP) is 4.40. The zero-order chi connectivity index (χ0) is 19.8. The summed E-state index contributed by atoms with van der Waals surface area (Å²) in [4.78, 5) is 36.2. The Hall–Kier alpha value is -2.84. The molecule has 0 bridgehead atoms. The van der Waals surface area contributed by atoms with Crippen LogP contribution in [0.15, 0.2) is 46.8 Å². The minimum absolute atomic E-state index is 0.196. The van der Waals surface area contributed by atoms with Gasteiger partial charge in [-0.1, -0.05) is 30.3 Å². The number of thiophene rings is 1. The van der Waals surface area contributed by atoms with Gasteiger partial charge in [-0.3, -0.25) is 14.2 Å². The van der Waals surface area contributed by atoms with E-state index in [0.717, 1.165) is 21.7 Å². The lowest BCUT2D eigenvalue weighted by atomic mass is 10.2. The van der Waals surface area contributed by atoms with Crippen LogP contribution in [0.25, 0.3) is 21.5 Å². The number of amides is 1. The van der Waals surface area contributed by atoms with Crippen LogP contribution in [0, 0.1) is 13.8 Å². The Morgan fingerprint density at radius 2 is 1.96 bits per heavy atom. The van der Waals surface area contributed by atoms with Gasteiger partial charge in [-0.15, -0.1) is 22.7 Å². The summed E-state index contributed by atoms with van der Waals surface area (Å²) in [5.41, 5.74) is 2.52. The SMILES string of the molecule is Cc1sc2ncn(C(C)C(=O)Nc3nc(-c4ccccc4)cs3)c(=O)c2c1C. The molecular formula is C20H18N4O2S2. The van der Waals surface area contributed by atoms with Crippen molar-refractivity contribution in [3.8, 4) is 11.3 Å². The van der Waals surface area contributed by atoms with Gasteiger partial charge in [0.05, 0.1) is 17.4 Å². The smallest absolute Gasteiger partial charge is 0.263 e. The zero-order valence-corrected chi connectivity index (χ0v) is 17.2. The van der Waals surface area contributed by atoms with Crippen molar-refractivity contribution >= 4 is 43.9 Å². The lowest BCUT2D eigenvalue weighted by molar-refractivity contribution is -0.118. The molecule has 4 rings (SSSR count). The molecule has 0 saturated carbocycles. The van der Waals surface area contributed by atoms with Crippen molar-refractivity contribution in [3.63, 3.8) is 0 Å². The molecule has 1 atom stereocenters. The third-order valence-corrected chi connectivity index (χ3v) is 6.59. The Morgan fingerprint density at radius 3 is 2.71 bits per heavy atom. The van der Waals surface area contributed by atoms with Crippen LogP contribution in [0.5, 0.6) is 0 Å². The molecule has 1 unspecified atom stereocenters. The second-order valence-corrected chi connectivity index (χ2v) is 8.55. The van der Waals surface area contributed by atoms with Crippen molar-refractivity contribution < 1.29 is 4.79 Å². The van der Waals surface area contributed by atoms with Crippen molar-refractivity contribution in [1.29, 1.82) is 0 Å². The van der Waals surface area contributed by atoms with Gasteiger partial charge in [-0.25, -0.2) is 9.97 Å². The van der Waals surface area contributed by atoms with E-state index in [1.807, 2.05) is 49.6 Å². The Bertz CT molecular complexity index is 1220. The van der Waals surface area contributed by atoms with Gasteiger partial charge in [0.2, 0.25) is 5.91 Å². The highest BCUT2D eigenvalue weighted by Gasteiger charge is 2.21. The van der Waals surface area contributed by atoms with Crippen LogP contribution in [-0.4, -0.2) is 20.4 Å². The lowest BCUT2D eigenvalue weighted by Gasteiger charge is -2.13. The fraction of sp³-hybridized carbons (Fsp3) is 0.200. The van der Waals surface area contributed by atoms with Gasteiger partial charge in [-0.2, -0.15) is 0 Å². The highest BCUT2D eigenvalue weighted by Crippen LogP contribution is 2.27. The van der Waals surface area contributed by atoms with Crippen molar-refractivity contribution in [3.05, 3.63) is 62.8 Å². The summed E-state index contributed by atoms with van der Waals surface area (Å²) in [5.74, 6) is -0.304. The van der Waals surface area contributed by atoms with E-state index in [1.54, 1.807) is 6.92 Å². The van der Waals surface area contributed by atoms with E-state index in [9.17, 15) is 9.59 Å². The van der Waals surface area contributed by atoms with Crippen LogP contribution >= 0.6 is 22.7 Å². The minimum atomic E-state index is -0.701. The first-order chi connectivity index (χ1) is 13.5. The molecule has 0 aliphatic rings. The number of carbonyl (C=O) groups is 1. The van der Waals surface area contributed by atoms with Crippen LogP contribution in [0.1, 0.15) is 23.4 Å². The van der Waals surface area contributed by atoms with Crippen molar-refractivity contribution in [2.24, 2.45) is 0 Å². The quantitative estimate of drug-likeness (QED) is 0.541. The molecule has 0 aliphatic carbocycles. The fourth-order valence-electron chi connectivity index (χ4n) is 2.93. The average Bonchev–Trinajstić information content (AvgIpc) is 3.27. The molecule has 4 aromatic rings. The summed E-state index contributed by atoms with van der Waals surface area (Å²) in [6.45, 7) is 5.56. The number of hydrogen-bond acceptors (Lipinski definition) is 6. The number of nitrogens with one attached hydrogen (secondary N) is 1. The summed E-state index contributed by atoms with van der Waals surface area (Å²) in [5, 5.41) is 5.79. The highest BCUT2D eigenvalue weighted by atomic mass is 32.1. The summed E-state index contributed by atoms with van der Waals surface area (Å²) in [7, 11) is 0. The molecule has 1 aromatic carbocycles. The van der Waals surface area contributed by atoms with Gasteiger partial charge in [0.1, 0.15) is 10.9 Å². The summed E-state index contributed by atoms with van der Waals surface area (Å²) in [6.07, 6.45) is 1.45. The van der Waals surface area contributed by atoms with Crippen molar-refractivity contribution in [2.45, 2.75) is 26.8 Å². The molecule has 1 N–H and O–H groups in total. The summed E-state index contributed by atoms with van der Waals surface area (Å²) in [6, 6.07) is 9.06. The van der Waals surface area contributed by atoms with E-state index in [-0.39, 0.29) is 11.5 Å². The molecule has 28 heavy (non-hydrogen) atoms. The molecule has 142 valence electrons. The zero-order valence-electron chi connectivity index (χ0n) is 15.6. The second kappa shape index (κ2) is 7.29. The number of benzene rings is 1. The minimum Gasteiger partial charge on any atom is -0.300 e. The van der Waals surface area contributed by atoms with Crippen LogP contribution in [-0.2, 0) is 4.79 Å². The van der Waals surface area contributed by atoms with Crippen molar-refractivity contribution in [2.75, 3.05) is 5.32 Å². The Labute approximate surface area is 169 Å². The topological polar surface area (TPSA) is 76.9 Å². The first-order valence-electron chi connectivity index (χ1n) is 8.74. The normalized spacial score (nSPS) is 12.2. The molecular weight excluding hydrogens is 392 g/mol. The van der Waals surface area contributed by atoms with Gasteiger partial charge in [0, 0.05) is 15.8 Å². The largest absolute Gasteiger partial charge is 0.300 e. The maximum absolute atomic E-state index is 12.9. The molecule has 1 amide bonds. The average molecular weight is 411 g/mol. The molecule has 6 nitrogen and oxygen atoms in total. The Balaban J connectivity index is 1.58. The molecule has 0 fully saturated rings. The molecule has 0 saturated heterocycles. The molecule has 3 aromatic heterocycles. The first-order valence-corrected chi connectivity index (χ1v) is 10.4. The Kier molecular flexibility index (Phi) is 4.82. The molecule has 0 spiro atoms. The maximum atomic E-state index is 12.9. The number of rotatable bonds is 4. The number of aromatic nitrogens is 3. The van der Waals surface area contributed by atoms with Crippen LogP contribution in [0.3, 0.4) is 0 Å². The second-order valence-electron chi connectivity index (χ2n) is 6.49. The third-order valence-electron chi connectivity index (χ3n) is 4.72. The van der Waals surface area contributed by atoms with E-state index in [1.165, 1.54) is 33.6 Å². The molecule has 3 heterocycles. The van der Waals surface area contributed by atoms with Crippen LogP contribution < -0.4 is 10.9 Å². The summed E-state index contributed by atoms with van der Waals surface area (Å²) < 4.78 is 1.38. The number of anilines is 1. The van der Waals surface area contributed by atoms with Gasteiger partial charge < -0.3 is 5.32 Å². The van der Waals surface area contributed by atoms with Crippen LogP contribution in [0.2, 0.25) is 0 Å². The van der Waals surface area contributed by atoms with Gasteiger partial charge in [-0.05, 0) is 26.3 Å². The van der Waals surface area contributed by atoms with Gasteiger partial charge >= 0.3 is 0 Å². The predicted molar refractivity (Wildman–Crippen MR) is 114 cm³/mol. The molecule has 0 aliphatic heterocycles. The van der Waals surface area contributed by atoms with Gasteiger partial charge in [0.25, 0.3) is 5.56 Å². The maximum Gasteiger partial charge on any atom is 0.263 e. The number of fused-ring (bicyclic) bond motifs is 1. The number of nitrogens with zero attached hydrogens (tertiary/aromatic N) is 3. The van der Waals surface area contributed by atoms with E-state index >= 15 is 0 Å². The number of aryl methyl sites for hydroxylation is 2. The van der Waals surface area contributed by atoms with E-state index < -0.39 is 6.04 Å². The van der Waals surface area contributed by atoms with Crippen LogP contribution in [0.4, 0.5) is 5.13 Å². The summed E-state index contributed by atoms with van der Waals surface area (Å²) >= 11 is 2.85. The fourth-order valence-corrected chi connectivity index (χ4v) is 4.64. The molecule has 0 radical (unpaired) electrons. The van der Waals surface area contributed by atoms with Gasteiger partial charge in [0.15, 0.2) is 5.13 Å². The number of carbonyl (C=O) groups excluding carboxylic acids is 1.